The Balaban J connectivity index is 0. The van der Waals surface area contributed by atoms with Gasteiger partial charge in [0.2, 0.25) is 6.54 Å². The van der Waals surface area contributed by atoms with Gasteiger partial charge in [0, 0.05) is 19.1 Å². The van der Waals surface area contributed by atoms with E-state index >= 15 is 0 Å². The summed E-state index contributed by atoms with van der Waals surface area (Å²) >= 11 is 0. The zero-order chi connectivity index (χ0) is 13.5. The molecule has 0 fully saturated rings. The fraction of sp³-hybridized carbons (Fsp3) is 0.333. The van der Waals surface area contributed by atoms with Crippen LogP contribution in [0.4, 0.5) is 0 Å². The Hall–Kier alpha value is -0.960. The number of methoxy groups -OCH3 is 1. The summed E-state index contributed by atoms with van der Waals surface area (Å²) in [6.07, 6.45) is 1.85. The van der Waals surface area contributed by atoms with E-state index in [-0.39, 0.29) is 24.9 Å². The molecule has 1 aromatic heterocycles. The van der Waals surface area contributed by atoms with Gasteiger partial charge in [0.25, 0.3) is 0 Å². The monoisotopic (exact) mass is 302 g/mol. The van der Waals surface area contributed by atoms with Crippen molar-refractivity contribution in [3.05, 3.63) is 30.1 Å². The van der Waals surface area contributed by atoms with Crippen LogP contribution in [0.25, 0.3) is 0 Å². The highest BCUT2D eigenvalue weighted by atomic mass is 35.7. The van der Waals surface area contributed by atoms with Crippen LogP contribution >= 0.6 is 12.4 Å². The Morgan fingerprint density at radius 3 is 2.33 bits per heavy atom. The molecule has 1 heterocycles. The molecule has 0 bridgehead atoms. The van der Waals surface area contributed by atoms with Crippen molar-refractivity contribution in [1.82, 2.24) is 0 Å². The van der Waals surface area contributed by atoms with E-state index in [0.717, 1.165) is 5.69 Å². The number of halogens is 2. The molecule has 9 heteroatoms. The Bertz CT molecular complexity index is 362. The van der Waals surface area contributed by atoms with Crippen molar-refractivity contribution in [1.29, 1.82) is 0 Å². The van der Waals surface area contributed by atoms with Crippen LogP contribution in [0.5, 0.6) is 0 Å². The fourth-order valence-corrected chi connectivity index (χ4v) is 0.943. The largest absolute Gasteiger partial charge is 0.464 e. The maximum Gasteiger partial charge on any atom is 0.372 e. The highest BCUT2D eigenvalue weighted by molar-refractivity contribution is 5.85. The van der Waals surface area contributed by atoms with Crippen LogP contribution in [0.1, 0.15) is 5.69 Å². The normalized spacial score (nSPS) is 9.67. The number of carbonyl (C=O) groups excluding carboxylic acids is 1. The quantitative estimate of drug-likeness (QED) is 0.453. The zero-order valence-electron chi connectivity index (χ0n) is 9.74. The maximum atomic E-state index is 10.9. The highest BCUT2D eigenvalue weighted by Crippen LogP contribution is 1.87. The molecule has 1 rings (SSSR count). The van der Waals surface area contributed by atoms with Gasteiger partial charge in [-0.15, -0.1) is 12.4 Å². The van der Waals surface area contributed by atoms with E-state index in [9.17, 15) is 4.79 Å². The molecule has 0 aliphatic rings. The third-order valence-electron chi connectivity index (χ3n) is 1.69. The first-order valence-electron chi connectivity index (χ1n) is 4.39. The van der Waals surface area contributed by atoms with Crippen molar-refractivity contribution in [3.8, 4) is 0 Å². The van der Waals surface area contributed by atoms with Crippen molar-refractivity contribution in [3.63, 3.8) is 0 Å². The molecule has 0 atom stereocenters. The molecule has 1 N–H and O–H groups in total. The summed E-state index contributed by atoms with van der Waals surface area (Å²) in [4.78, 5) is 10.9. The highest BCUT2D eigenvalue weighted by Gasteiger charge is 2.10. The van der Waals surface area contributed by atoms with Crippen LogP contribution in [0.3, 0.4) is 0 Å². The molecule has 18 heavy (non-hydrogen) atoms. The Morgan fingerprint density at radius 2 is 1.94 bits per heavy atom. The van der Waals surface area contributed by atoms with E-state index in [1.54, 1.807) is 0 Å². The Morgan fingerprint density at radius 1 is 1.44 bits per heavy atom. The third-order valence-corrected chi connectivity index (χ3v) is 1.69. The van der Waals surface area contributed by atoms with Crippen molar-refractivity contribution in [2.75, 3.05) is 7.11 Å². The van der Waals surface area contributed by atoms with E-state index in [1.165, 1.54) is 7.11 Å². The zero-order valence-corrected chi connectivity index (χ0v) is 11.3. The minimum atomic E-state index is -4.69. The number of hydrogen-bond acceptors (Lipinski definition) is 6. The van der Waals surface area contributed by atoms with Gasteiger partial charge in [0.15, 0.2) is 11.9 Å². The molecule has 0 radical (unpaired) electrons. The molecule has 0 spiro atoms. The average molecular weight is 303 g/mol. The smallest absolute Gasteiger partial charge is 0.372 e. The van der Waals surface area contributed by atoms with Crippen molar-refractivity contribution < 1.29 is 43.0 Å². The van der Waals surface area contributed by atoms with E-state index in [4.69, 9.17) is 18.6 Å². The van der Waals surface area contributed by atoms with Crippen LogP contribution in [-0.2, 0) is 16.1 Å². The second-order valence-electron chi connectivity index (χ2n) is 2.94. The van der Waals surface area contributed by atoms with Gasteiger partial charge in [0.05, 0.1) is 22.0 Å². The topological polar surface area (TPSA) is 120 Å². The van der Waals surface area contributed by atoms with E-state index in [0.29, 0.717) is 0 Å². The van der Waals surface area contributed by atoms with Gasteiger partial charge in [-0.3, -0.25) is 0 Å². The van der Waals surface area contributed by atoms with Crippen molar-refractivity contribution in [2.45, 2.75) is 13.5 Å². The van der Waals surface area contributed by atoms with Gasteiger partial charge in [-0.05, 0) is 0 Å². The summed E-state index contributed by atoms with van der Waals surface area (Å²) < 4.78 is 39.1. The van der Waals surface area contributed by atoms with E-state index in [1.807, 2.05) is 35.9 Å². The summed E-state index contributed by atoms with van der Waals surface area (Å²) in [5.41, 5.74) is 1.04. The second kappa shape index (κ2) is 9.03. The van der Waals surface area contributed by atoms with Gasteiger partial charge >= 0.3 is 5.97 Å². The maximum absolute atomic E-state index is 10.9. The van der Waals surface area contributed by atoms with Gasteiger partial charge < -0.3 is 4.74 Å². The van der Waals surface area contributed by atoms with Crippen LogP contribution in [0.15, 0.2) is 24.4 Å². The Labute approximate surface area is 112 Å². The predicted octanol–water partition coefficient (Wildman–Crippen LogP) is -3.25. The van der Waals surface area contributed by atoms with Gasteiger partial charge in [-0.25, -0.2) is 4.79 Å². The molecular formula is C9H14Cl2NO6+. The number of esters is 1. The molecule has 0 saturated carbocycles. The minimum absolute atomic E-state index is 0. The predicted molar refractivity (Wildman–Crippen MR) is 52.9 cm³/mol. The van der Waals surface area contributed by atoms with Gasteiger partial charge in [0.1, 0.15) is 0 Å². The van der Waals surface area contributed by atoms with Crippen LogP contribution < -0.4 is 18.5 Å². The number of carbonyl (C=O) groups is 1. The minimum Gasteiger partial charge on any atom is -0.464 e. The Kier molecular flexibility index (Phi) is 9.73. The summed E-state index contributed by atoms with van der Waals surface area (Å²) in [5.74, 6) is -0.228. The molecule has 1 aromatic rings. The number of hydrogen-bond donors (Lipinski definition) is 1. The summed E-state index contributed by atoms with van der Waals surface area (Å²) in [6, 6.07) is 5.77. The molecule has 0 aliphatic carbocycles. The number of pyridine rings is 1. The number of rotatable bonds is 2. The molecule has 0 unspecified atom stereocenters. The standard InChI is InChI=1S/C9H12NO2.ClHO4.ClH/c1-8-5-3-4-6-10(8)7-9(11)12-2;2-1(3,4)5;/h3-6H,7H2,1-2H3;(H,2,3,4,5);1H/q+1;;. The molecule has 0 saturated heterocycles. The first-order valence-corrected chi connectivity index (χ1v) is 5.65. The lowest BCUT2D eigenvalue weighted by atomic mass is 10.3. The first kappa shape index (κ1) is 19.4. The second-order valence-corrected chi connectivity index (χ2v) is 3.73. The summed E-state index contributed by atoms with van der Waals surface area (Å²) in [7, 11) is -3.30. The molecule has 0 aromatic carbocycles. The number of nitrogens with zero attached hydrogens (tertiary/aromatic N) is 1. The lowest BCUT2D eigenvalue weighted by Crippen LogP contribution is -2.58. The average Bonchev–Trinajstić information content (AvgIpc) is 2.19. The van der Waals surface area contributed by atoms with Gasteiger partial charge in [-0.2, -0.15) is 18.5 Å². The first-order chi connectivity index (χ1) is 7.74. The molecule has 0 aliphatic heterocycles. The molecule has 0 amide bonds. The third kappa shape index (κ3) is 11.5. The van der Waals surface area contributed by atoms with Crippen molar-refractivity contribution in [2.24, 2.45) is 0 Å². The summed E-state index contributed by atoms with van der Waals surface area (Å²) in [5, 5.41) is 0. The summed E-state index contributed by atoms with van der Waals surface area (Å²) in [6.45, 7) is 2.23. The lowest BCUT2D eigenvalue weighted by Gasteiger charge is -2.03. The lowest BCUT2D eigenvalue weighted by molar-refractivity contribution is -1.92. The van der Waals surface area contributed by atoms with Crippen molar-refractivity contribution >= 4 is 18.4 Å². The number of aryl methyl sites for hydroxylation is 1. The SMILES string of the molecule is COC(=O)C[n+]1ccccc1C.Cl.[O-][Cl+3]([O-])([O-])O. The van der Waals surface area contributed by atoms with Crippen LogP contribution in [0.2, 0.25) is 0 Å². The molecule has 104 valence electrons. The van der Waals surface area contributed by atoms with Crippen LogP contribution in [0, 0.1) is 17.2 Å². The number of aromatic nitrogens is 1. The molecule has 7 nitrogen and oxygen atoms in total. The van der Waals surface area contributed by atoms with E-state index < -0.39 is 10.2 Å². The van der Waals surface area contributed by atoms with Gasteiger partial charge in [-0.1, -0.05) is 6.07 Å². The molecular weight excluding hydrogens is 289 g/mol. The van der Waals surface area contributed by atoms with E-state index in [2.05, 4.69) is 4.74 Å². The number of ether oxygens (including phenoxy) is 1. The van der Waals surface area contributed by atoms with Crippen LogP contribution in [-0.4, -0.2) is 17.7 Å². The fourth-order valence-electron chi connectivity index (χ4n) is 0.943.